The first kappa shape index (κ1) is 18.0. The van der Waals surface area contributed by atoms with Crippen molar-refractivity contribution in [3.8, 4) is 28.3 Å². The molecule has 1 aliphatic rings. The third-order valence-corrected chi connectivity index (χ3v) is 5.01. The lowest BCUT2D eigenvalue weighted by Gasteiger charge is -2.26. The number of nitrogens with zero attached hydrogens (tertiary/aromatic N) is 3. The maximum absolute atomic E-state index is 12.6. The minimum Gasteiger partial charge on any atom is -0.508 e. The summed E-state index contributed by atoms with van der Waals surface area (Å²) in [6.45, 7) is 1.67. The Balaban J connectivity index is 1.60. The molecule has 1 amide bonds. The number of carbonyl (C=O) groups is 1. The SMILES string of the molecule is Nc1ncc(-c2ccc(C(=O)N3CCCCC3)cc2)nc1-c1ccc(O)cc1. The first-order valence-electron chi connectivity index (χ1n) is 9.43. The van der Waals surface area contributed by atoms with E-state index in [0.29, 0.717) is 22.8 Å². The first-order chi connectivity index (χ1) is 13.6. The van der Waals surface area contributed by atoms with Gasteiger partial charge in [-0.3, -0.25) is 4.79 Å². The van der Waals surface area contributed by atoms with Crippen LogP contribution in [0.5, 0.6) is 5.75 Å². The molecule has 0 aliphatic carbocycles. The monoisotopic (exact) mass is 374 g/mol. The highest BCUT2D eigenvalue weighted by molar-refractivity contribution is 5.94. The summed E-state index contributed by atoms with van der Waals surface area (Å²) in [6, 6.07) is 14.1. The van der Waals surface area contributed by atoms with E-state index in [1.165, 1.54) is 6.42 Å². The molecule has 0 atom stereocenters. The molecule has 2 heterocycles. The molecule has 3 N–H and O–H groups in total. The van der Waals surface area contributed by atoms with Crippen molar-refractivity contribution in [2.75, 3.05) is 18.8 Å². The molecule has 3 aromatic rings. The molecular formula is C22H22N4O2. The summed E-state index contributed by atoms with van der Waals surface area (Å²) in [5, 5.41) is 9.47. The Labute approximate surface area is 163 Å². The maximum atomic E-state index is 12.6. The van der Waals surface area contributed by atoms with E-state index in [1.807, 2.05) is 29.2 Å². The smallest absolute Gasteiger partial charge is 0.253 e. The standard InChI is InChI=1S/C22H22N4O2/c23-21-20(16-8-10-18(27)11-9-16)25-19(14-24-21)15-4-6-17(7-5-15)22(28)26-12-2-1-3-13-26/h4-11,14,27H,1-3,12-13H2,(H2,23,24). The van der Waals surface area contributed by atoms with Crippen molar-refractivity contribution >= 4 is 11.7 Å². The third-order valence-electron chi connectivity index (χ3n) is 5.01. The molecule has 2 aromatic carbocycles. The number of carbonyl (C=O) groups excluding carboxylic acids is 1. The number of phenols is 1. The van der Waals surface area contributed by atoms with Gasteiger partial charge in [-0.2, -0.15) is 0 Å². The minimum absolute atomic E-state index is 0.0828. The second-order valence-electron chi connectivity index (χ2n) is 6.97. The number of aromatic nitrogens is 2. The summed E-state index contributed by atoms with van der Waals surface area (Å²) in [5.41, 5.74) is 9.56. The number of hydrogen-bond donors (Lipinski definition) is 2. The number of amides is 1. The lowest BCUT2D eigenvalue weighted by atomic mass is 10.1. The van der Waals surface area contributed by atoms with Gasteiger partial charge in [-0.05, 0) is 55.7 Å². The number of piperidine rings is 1. The highest BCUT2D eigenvalue weighted by Crippen LogP contribution is 2.27. The first-order valence-corrected chi connectivity index (χ1v) is 9.43. The number of aromatic hydroxyl groups is 1. The van der Waals surface area contributed by atoms with Crippen LogP contribution in [-0.2, 0) is 0 Å². The second kappa shape index (κ2) is 7.68. The molecule has 0 unspecified atom stereocenters. The van der Waals surface area contributed by atoms with Gasteiger partial charge in [0.05, 0.1) is 11.9 Å². The zero-order chi connectivity index (χ0) is 19.5. The molecule has 0 spiro atoms. The number of nitrogen functional groups attached to an aromatic ring is 1. The highest BCUT2D eigenvalue weighted by Gasteiger charge is 2.18. The van der Waals surface area contributed by atoms with Gasteiger partial charge in [0.2, 0.25) is 0 Å². The molecule has 1 aliphatic heterocycles. The van der Waals surface area contributed by atoms with Crippen molar-refractivity contribution in [3.63, 3.8) is 0 Å². The second-order valence-corrected chi connectivity index (χ2v) is 6.97. The van der Waals surface area contributed by atoms with Crippen LogP contribution in [0.15, 0.2) is 54.7 Å². The van der Waals surface area contributed by atoms with Crippen molar-refractivity contribution in [2.24, 2.45) is 0 Å². The van der Waals surface area contributed by atoms with Crippen molar-refractivity contribution in [3.05, 3.63) is 60.3 Å². The highest BCUT2D eigenvalue weighted by atomic mass is 16.3. The molecular weight excluding hydrogens is 352 g/mol. The van der Waals surface area contributed by atoms with Gasteiger partial charge < -0.3 is 15.7 Å². The number of benzene rings is 2. The molecule has 0 bridgehead atoms. The molecule has 0 saturated carbocycles. The largest absolute Gasteiger partial charge is 0.508 e. The fourth-order valence-electron chi connectivity index (χ4n) is 3.43. The summed E-state index contributed by atoms with van der Waals surface area (Å²) in [6.07, 6.45) is 4.97. The number of rotatable bonds is 3. The zero-order valence-corrected chi connectivity index (χ0v) is 15.5. The molecule has 1 fully saturated rings. The van der Waals surface area contributed by atoms with E-state index in [1.54, 1.807) is 30.5 Å². The van der Waals surface area contributed by atoms with Gasteiger partial charge in [-0.25, -0.2) is 9.97 Å². The zero-order valence-electron chi connectivity index (χ0n) is 15.5. The molecule has 28 heavy (non-hydrogen) atoms. The van der Waals surface area contributed by atoms with Crippen molar-refractivity contribution in [1.82, 2.24) is 14.9 Å². The van der Waals surface area contributed by atoms with Gasteiger partial charge in [-0.15, -0.1) is 0 Å². The fourth-order valence-corrected chi connectivity index (χ4v) is 3.43. The molecule has 4 rings (SSSR count). The average Bonchev–Trinajstić information content (AvgIpc) is 2.75. The Hall–Kier alpha value is -3.41. The third kappa shape index (κ3) is 3.67. The van der Waals surface area contributed by atoms with Crippen LogP contribution in [0.2, 0.25) is 0 Å². The maximum Gasteiger partial charge on any atom is 0.253 e. The fraction of sp³-hybridized carbons (Fsp3) is 0.227. The lowest BCUT2D eigenvalue weighted by molar-refractivity contribution is 0.0724. The van der Waals surface area contributed by atoms with Gasteiger partial charge in [0, 0.05) is 29.8 Å². The van der Waals surface area contributed by atoms with E-state index in [2.05, 4.69) is 9.97 Å². The van der Waals surface area contributed by atoms with E-state index >= 15 is 0 Å². The van der Waals surface area contributed by atoms with Crippen LogP contribution in [0.25, 0.3) is 22.5 Å². The Morgan fingerprint density at radius 2 is 1.57 bits per heavy atom. The molecule has 6 nitrogen and oxygen atoms in total. The van der Waals surface area contributed by atoms with Gasteiger partial charge >= 0.3 is 0 Å². The van der Waals surface area contributed by atoms with Gasteiger partial charge in [0.25, 0.3) is 5.91 Å². The number of likely N-dealkylation sites (tertiary alicyclic amines) is 1. The number of nitrogens with two attached hydrogens (primary N) is 1. The Bertz CT molecular complexity index is 978. The Morgan fingerprint density at radius 1 is 0.929 bits per heavy atom. The summed E-state index contributed by atoms with van der Waals surface area (Å²) in [4.78, 5) is 23.4. The summed E-state index contributed by atoms with van der Waals surface area (Å²) in [7, 11) is 0. The number of phenolic OH excluding ortho intramolecular Hbond substituents is 1. The number of anilines is 1. The Kier molecular flexibility index (Phi) is 4.93. The van der Waals surface area contributed by atoms with Crippen LogP contribution in [0.1, 0.15) is 29.6 Å². The molecule has 142 valence electrons. The van der Waals surface area contributed by atoms with Crippen LogP contribution in [0.3, 0.4) is 0 Å². The molecule has 0 radical (unpaired) electrons. The molecule has 1 saturated heterocycles. The lowest BCUT2D eigenvalue weighted by Crippen LogP contribution is -2.35. The summed E-state index contributed by atoms with van der Waals surface area (Å²) < 4.78 is 0. The van der Waals surface area contributed by atoms with Crippen molar-refractivity contribution in [2.45, 2.75) is 19.3 Å². The van der Waals surface area contributed by atoms with E-state index in [0.717, 1.165) is 37.1 Å². The predicted octanol–water partition coefficient (Wildman–Crippen LogP) is 3.72. The van der Waals surface area contributed by atoms with Gasteiger partial charge in [0.15, 0.2) is 0 Å². The van der Waals surface area contributed by atoms with Crippen LogP contribution in [-0.4, -0.2) is 39.0 Å². The van der Waals surface area contributed by atoms with Crippen LogP contribution < -0.4 is 5.73 Å². The van der Waals surface area contributed by atoms with Crippen molar-refractivity contribution in [1.29, 1.82) is 0 Å². The van der Waals surface area contributed by atoms with E-state index in [-0.39, 0.29) is 11.7 Å². The normalized spacial score (nSPS) is 14.1. The van der Waals surface area contributed by atoms with E-state index < -0.39 is 0 Å². The van der Waals surface area contributed by atoms with E-state index in [4.69, 9.17) is 5.73 Å². The van der Waals surface area contributed by atoms with Crippen molar-refractivity contribution < 1.29 is 9.90 Å². The molecule has 6 heteroatoms. The number of hydrogen-bond acceptors (Lipinski definition) is 5. The summed E-state index contributed by atoms with van der Waals surface area (Å²) in [5.74, 6) is 0.589. The topological polar surface area (TPSA) is 92.3 Å². The van der Waals surface area contributed by atoms with Crippen LogP contribution in [0.4, 0.5) is 5.82 Å². The average molecular weight is 374 g/mol. The van der Waals surface area contributed by atoms with Crippen LogP contribution in [0, 0.1) is 0 Å². The van der Waals surface area contributed by atoms with E-state index in [9.17, 15) is 9.90 Å². The quantitative estimate of drug-likeness (QED) is 0.729. The summed E-state index contributed by atoms with van der Waals surface area (Å²) >= 11 is 0. The minimum atomic E-state index is 0.0828. The predicted molar refractivity (Wildman–Crippen MR) is 109 cm³/mol. The van der Waals surface area contributed by atoms with Crippen LogP contribution >= 0.6 is 0 Å². The molecule has 1 aromatic heterocycles. The van der Waals surface area contributed by atoms with Gasteiger partial charge in [0.1, 0.15) is 17.3 Å². The Morgan fingerprint density at radius 3 is 2.25 bits per heavy atom. The van der Waals surface area contributed by atoms with Gasteiger partial charge in [-0.1, -0.05) is 12.1 Å².